The highest BCUT2D eigenvalue weighted by molar-refractivity contribution is 7.25. The van der Waals surface area contributed by atoms with Crippen molar-refractivity contribution >= 4 is 141 Å². The zero-order chi connectivity index (χ0) is 63.0. The van der Waals surface area contributed by atoms with Gasteiger partial charge in [0, 0.05) is 102 Å². The average molecular weight is 1250 g/mol. The van der Waals surface area contributed by atoms with Crippen molar-refractivity contribution in [3.8, 4) is 57.2 Å². The predicted molar refractivity (Wildman–Crippen MR) is 398 cm³/mol. The van der Waals surface area contributed by atoms with Gasteiger partial charge in [-0.05, 0) is 84.9 Å². The maximum atomic E-state index is 6.41. The Hall–Kier alpha value is -12.8. The molecule has 21 rings (SSSR count). The van der Waals surface area contributed by atoms with Crippen molar-refractivity contribution in [3.63, 3.8) is 0 Å². The molecule has 0 aliphatic carbocycles. The zero-order valence-electron chi connectivity index (χ0n) is 51.4. The first-order valence-electron chi connectivity index (χ1n) is 32.3. The molecule has 0 spiro atoms. The molecule has 0 saturated heterocycles. The fraction of sp³-hybridized carbons (Fsp3) is 0. The molecule has 0 aliphatic heterocycles. The number of nitrogens with zero attached hydrogens (tertiary/aromatic N) is 8. The summed E-state index contributed by atoms with van der Waals surface area (Å²) in [6.07, 6.45) is 0. The Balaban J connectivity index is 0.000000132. The number of thiophene rings is 1. The van der Waals surface area contributed by atoms with Crippen molar-refractivity contribution < 1.29 is 4.42 Å². The first kappa shape index (κ1) is 53.9. The second-order valence-corrected chi connectivity index (χ2v) is 25.5. The number of benzene rings is 13. The molecule has 0 radical (unpaired) electrons. The monoisotopic (exact) mass is 1240 g/mol. The first-order chi connectivity index (χ1) is 47.6. The van der Waals surface area contributed by atoms with Gasteiger partial charge < -0.3 is 13.6 Å². The van der Waals surface area contributed by atoms with Crippen LogP contribution in [0.2, 0.25) is 0 Å². The Kier molecular flexibility index (Phi) is 12.0. The highest BCUT2D eigenvalue weighted by atomic mass is 32.1. The molecule has 13 aromatic carbocycles. The van der Waals surface area contributed by atoms with Crippen LogP contribution < -0.4 is 0 Å². The van der Waals surface area contributed by atoms with E-state index in [1.54, 1.807) is 0 Å². The summed E-state index contributed by atoms with van der Waals surface area (Å²) in [6.45, 7) is 0. The number of pyridine rings is 1. The predicted octanol–water partition coefficient (Wildman–Crippen LogP) is 22.6. The minimum Gasteiger partial charge on any atom is -0.455 e. The maximum Gasteiger partial charge on any atom is 0.238 e. The van der Waals surface area contributed by atoms with Crippen LogP contribution in [-0.2, 0) is 0 Å². The molecule has 96 heavy (non-hydrogen) atoms. The molecule has 0 N–H and O–H groups in total. The van der Waals surface area contributed by atoms with Crippen molar-refractivity contribution in [3.05, 3.63) is 315 Å². The van der Waals surface area contributed by atoms with Gasteiger partial charge in [-0.25, -0.2) is 9.97 Å². The van der Waals surface area contributed by atoms with Crippen LogP contribution in [0.3, 0.4) is 0 Å². The van der Waals surface area contributed by atoms with Crippen molar-refractivity contribution in [1.29, 1.82) is 0 Å². The summed E-state index contributed by atoms with van der Waals surface area (Å²) in [6, 6.07) is 111. The summed E-state index contributed by atoms with van der Waals surface area (Å²) in [5.41, 5.74) is 16.7. The molecular weight excluding hydrogens is 1190 g/mol. The van der Waals surface area contributed by atoms with Crippen LogP contribution in [0, 0.1) is 0 Å². The lowest BCUT2D eigenvalue weighted by Gasteiger charge is -2.13. The van der Waals surface area contributed by atoms with Gasteiger partial charge in [-0.1, -0.05) is 231 Å². The fourth-order valence-corrected chi connectivity index (χ4v) is 16.0. The van der Waals surface area contributed by atoms with Crippen molar-refractivity contribution in [2.75, 3.05) is 0 Å². The normalized spacial score (nSPS) is 12.0. The summed E-state index contributed by atoms with van der Waals surface area (Å²) >= 11 is 1.84. The minimum absolute atomic E-state index is 0.581. The Morgan fingerprint density at radius 2 is 0.719 bits per heavy atom. The number of fused-ring (bicyclic) bond motifs is 20. The second-order valence-electron chi connectivity index (χ2n) is 24.4. The fourth-order valence-electron chi connectivity index (χ4n) is 15.0. The lowest BCUT2D eigenvalue weighted by atomic mass is 10.1. The van der Waals surface area contributed by atoms with Crippen LogP contribution in [0.1, 0.15) is 0 Å². The molecule has 8 heterocycles. The lowest BCUT2D eigenvalue weighted by molar-refractivity contribution is 0.670. The number of aromatic nitrogens is 8. The topological polar surface area (TPSA) is 84.4 Å². The quantitative estimate of drug-likeness (QED) is 0.159. The molecule has 0 atom stereocenters. The summed E-state index contributed by atoms with van der Waals surface area (Å²) in [7, 11) is 0. The van der Waals surface area contributed by atoms with Gasteiger partial charge in [0.1, 0.15) is 17.0 Å². The van der Waals surface area contributed by atoms with E-state index in [0.717, 1.165) is 105 Å². The third-order valence-electron chi connectivity index (χ3n) is 19.1. The summed E-state index contributed by atoms with van der Waals surface area (Å²) in [5, 5.41) is 14.3. The van der Waals surface area contributed by atoms with Crippen LogP contribution >= 0.6 is 11.3 Å². The number of hydrogen-bond acceptors (Lipinski definition) is 6. The molecular formula is C86H52N8OS. The van der Waals surface area contributed by atoms with Gasteiger partial charge in [-0.2, -0.15) is 9.97 Å². The summed E-state index contributed by atoms with van der Waals surface area (Å²) in [5.74, 6) is 2.71. The van der Waals surface area contributed by atoms with E-state index in [4.69, 9.17) is 24.4 Å². The van der Waals surface area contributed by atoms with Gasteiger partial charge in [0.2, 0.25) is 5.95 Å². The van der Waals surface area contributed by atoms with E-state index in [1.807, 2.05) is 59.9 Å². The molecule has 9 nitrogen and oxygen atoms in total. The summed E-state index contributed by atoms with van der Waals surface area (Å²) < 4.78 is 18.4. The van der Waals surface area contributed by atoms with E-state index < -0.39 is 0 Å². The highest BCUT2D eigenvalue weighted by Gasteiger charge is 2.26. The average Bonchev–Trinajstić information content (AvgIpc) is 1.55. The number of hydrogen-bond donors (Lipinski definition) is 0. The SMILES string of the molecule is c1ccc(-c2nc(-c3ccccc3)nc(-n3c4ccccc4c4ccc5c6ccccc6n(-c6ccc7sc8ccccc8c7c6)c5c43)n2)cc1.c1ccc(-n2c3ccccc3c3ccc4c5ccccc5n(-c5cccc(-c6cccc7c6oc6ccccc67)n5)c4c32)cc1. The van der Waals surface area contributed by atoms with Crippen LogP contribution in [0.25, 0.3) is 187 Å². The Morgan fingerprint density at radius 1 is 0.271 bits per heavy atom. The molecule has 0 saturated carbocycles. The number of furan rings is 1. The van der Waals surface area contributed by atoms with E-state index in [1.165, 1.54) is 63.5 Å². The van der Waals surface area contributed by atoms with Gasteiger partial charge in [0.25, 0.3) is 0 Å². The van der Waals surface area contributed by atoms with Crippen LogP contribution in [-0.4, -0.2) is 38.2 Å². The van der Waals surface area contributed by atoms with Crippen LogP contribution in [0.4, 0.5) is 0 Å². The summed E-state index contributed by atoms with van der Waals surface area (Å²) in [4.78, 5) is 20.8. The van der Waals surface area contributed by atoms with Crippen LogP contribution in [0.15, 0.2) is 320 Å². The molecule has 0 fully saturated rings. The lowest BCUT2D eigenvalue weighted by Crippen LogP contribution is -2.07. The third-order valence-corrected chi connectivity index (χ3v) is 20.3. The van der Waals surface area contributed by atoms with Gasteiger partial charge in [0.05, 0.1) is 49.8 Å². The molecule has 10 heteroatoms. The van der Waals surface area contributed by atoms with E-state index in [2.05, 4.69) is 285 Å². The molecule has 0 amide bonds. The standard InChI is InChI=1S/C45H27N5S.C41H25N3O/c1-3-13-28(14-4-1)43-46-44(29-15-5-2-6-16-29)48-45(47-43)50-38-21-11-8-18-32(38)35-25-24-34-31-17-7-10-20-37(31)49(41(34)42(35)50)30-23-26-40-36(27-30)33-19-9-12-22-39(33)51-40;1-2-12-26(13-3-1)43-35-20-7-4-14-27(35)30-24-25-31-28-15-5-8-21-36(28)44(40(31)39(30)43)38-23-11-19-34(42-38)33-18-10-17-32-29-16-6-9-22-37(29)45-41(32)33/h1-27H;1-25H. The maximum absolute atomic E-state index is 6.41. The highest BCUT2D eigenvalue weighted by Crippen LogP contribution is 2.46. The van der Waals surface area contributed by atoms with E-state index in [9.17, 15) is 0 Å². The van der Waals surface area contributed by atoms with Gasteiger partial charge in [-0.15, -0.1) is 11.3 Å². The van der Waals surface area contributed by atoms with Crippen molar-refractivity contribution in [2.45, 2.75) is 0 Å². The second kappa shape index (κ2) is 21.4. The largest absolute Gasteiger partial charge is 0.455 e. The molecule has 448 valence electrons. The van der Waals surface area contributed by atoms with Crippen LogP contribution in [0.5, 0.6) is 0 Å². The molecule has 0 aliphatic rings. The Labute approximate surface area is 552 Å². The van der Waals surface area contributed by atoms with Gasteiger partial charge in [0.15, 0.2) is 11.6 Å². The van der Waals surface area contributed by atoms with Gasteiger partial charge >= 0.3 is 0 Å². The van der Waals surface area contributed by atoms with E-state index in [-0.39, 0.29) is 0 Å². The molecule has 0 unspecified atom stereocenters. The van der Waals surface area contributed by atoms with E-state index >= 15 is 0 Å². The van der Waals surface area contributed by atoms with Gasteiger partial charge in [-0.3, -0.25) is 9.13 Å². The Bertz CT molecular complexity index is 6660. The smallest absolute Gasteiger partial charge is 0.238 e. The molecule has 21 aromatic rings. The number of rotatable bonds is 7. The Morgan fingerprint density at radius 3 is 1.32 bits per heavy atom. The minimum atomic E-state index is 0.581. The van der Waals surface area contributed by atoms with Crippen molar-refractivity contribution in [2.24, 2.45) is 0 Å². The van der Waals surface area contributed by atoms with E-state index in [0.29, 0.717) is 17.6 Å². The van der Waals surface area contributed by atoms with Crippen molar-refractivity contribution in [1.82, 2.24) is 38.2 Å². The molecule has 0 bridgehead atoms. The number of para-hydroxylation sites is 7. The zero-order valence-corrected chi connectivity index (χ0v) is 52.2. The first-order valence-corrected chi connectivity index (χ1v) is 33.1. The third kappa shape index (κ3) is 8.22. The molecule has 8 aromatic heterocycles.